The van der Waals surface area contributed by atoms with Gasteiger partial charge in [0.05, 0.1) is 17.4 Å². The zero-order chi connectivity index (χ0) is 22.4. The Morgan fingerprint density at radius 1 is 0.875 bits per heavy atom. The lowest BCUT2D eigenvalue weighted by atomic mass is 9.90. The van der Waals surface area contributed by atoms with Crippen molar-refractivity contribution >= 4 is 46.4 Å². The molecule has 2 amide bonds. The van der Waals surface area contributed by atoms with Crippen molar-refractivity contribution in [2.75, 3.05) is 9.96 Å². The maximum absolute atomic E-state index is 13.6. The molecule has 3 aromatic carbocycles. The van der Waals surface area contributed by atoms with Crippen LogP contribution < -0.4 is 9.96 Å². The van der Waals surface area contributed by atoms with E-state index >= 15 is 0 Å². The third-order valence-electron chi connectivity index (χ3n) is 6.01. The number of carbonyl (C=O) groups excluding carboxylic acids is 2. The number of benzene rings is 3. The molecule has 0 bridgehead atoms. The van der Waals surface area contributed by atoms with Crippen molar-refractivity contribution in [3.63, 3.8) is 0 Å². The summed E-state index contributed by atoms with van der Waals surface area (Å²) in [6.45, 7) is 2.05. The van der Waals surface area contributed by atoms with Crippen LogP contribution in [-0.2, 0) is 20.8 Å². The van der Waals surface area contributed by atoms with E-state index in [1.165, 1.54) is 4.90 Å². The molecule has 0 spiro atoms. The first kappa shape index (κ1) is 21.0. The van der Waals surface area contributed by atoms with E-state index in [4.69, 9.17) is 28.0 Å². The molecule has 2 aliphatic heterocycles. The van der Waals surface area contributed by atoms with Crippen LogP contribution in [-0.4, -0.2) is 17.9 Å². The topological polar surface area (TPSA) is 49.9 Å². The van der Waals surface area contributed by atoms with Crippen LogP contribution in [0.3, 0.4) is 0 Å². The highest BCUT2D eigenvalue weighted by molar-refractivity contribution is 6.35. The summed E-state index contributed by atoms with van der Waals surface area (Å²) in [4.78, 5) is 34.3. The number of imide groups is 1. The van der Waals surface area contributed by atoms with Crippen LogP contribution in [0, 0.1) is 5.92 Å². The molecule has 32 heavy (non-hydrogen) atoms. The van der Waals surface area contributed by atoms with E-state index in [2.05, 4.69) is 6.92 Å². The van der Waals surface area contributed by atoms with Gasteiger partial charge in [-0.2, -0.15) is 0 Å². The molecule has 0 aliphatic carbocycles. The first-order chi connectivity index (χ1) is 15.5. The largest absolute Gasteiger partial charge is 0.273 e. The minimum absolute atomic E-state index is 0.307. The Hall–Kier alpha value is -2.86. The second kappa shape index (κ2) is 8.24. The van der Waals surface area contributed by atoms with Crippen LogP contribution in [0.1, 0.15) is 24.1 Å². The SMILES string of the molecule is CCc1ccc(N2C(=O)[C@@H]3[C@@H](c4ccc(Cl)cc4Cl)N(c4ccccc4)O[C@H]3C2=O)cc1. The number of amides is 2. The molecule has 2 aliphatic rings. The summed E-state index contributed by atoms with van der Waals surface area (Å²) < 4.78 is 0. The average Bonchev–Trinajstić information content (AvgIpc) is 3.30. The lowest BCUT2D eigenvalue weighted by Gasteiger charge is -2.29. The zero-order valence-electron chi connectivity index (χ0n) is 17.2. The number of hydrogen-bond acceptors (Lipinski definition) is 4. The summed E-state index contributed by atoms with van der Waals surface area (Å²) >= 11 is 12.7. The smallest absolute Gasteiger partial charge is 0.266 e. The van der Waals surface area contributed by atoms with Crippen LogP contribution in [0.25, 0.3) is 0 Å². The van der Waals surface area contributed by atoms with Gasteiger partial charge in [-0.3, -0.25) is 14.4 Å². The van der Waals surface area contributed by atoms with Gasteiger partial charge < -0.3 is 0 Å². The van der Waals surface area contributed by atoms with E-state index in [9.17, 15) is 9.59 Å². The summed E-state index contributed by atoms with van der Waals surface area (Å²) in [7, 11) is 0. The highest BCUT2D eigenvalue weighted by atomic mass is 35.5. The molecule has 2 heterocycles. The van der Waals surface area contributed by atoms with E-state index in [0.29, 0.717) is 21.3 Å². The Morgan fingerprint density at radius 3 is 2.25 bits per heavy atom. The second-order valence-corrected chi connectivity index (χ2v) is 8.70. The van der Waals surface area contributed by atoms with Crippen molar-refractivity contribution in [1.82, 2.24) is 0 Å². The molecule has 5 rings (SSSR count). The van der Waals surface area contributed by atoms with Gasteiger partial charge in [0, 0.05) is 10.0 Å². The monoisotopic (exact) mass is 466 g/mol. The molecule has 162 valence electrons. The first-order valence-corrected chi connectivity index (χ1v) is 11.2. The van der Waals surface area contributed by atoms with Crippen molar-refractivity contribution in [3.05, 3.63) is 94.0 Å². The molecule has 3 atom stereocenters. The lowest BCUT2D eigenvalue weighted by molar-refractivity contribution is -0.126. The lowest BCUT2D eigenvalue weighted by Crippen LogP contribution is -2.37. The van der Waals surface area contributed by atoms with Crippen molar-refractivity contribution in [2.45, 2.75) is 25.5 Å². The maximum Gasteiger partial charge on any atom is 0.266 e. The number of fused-ring (bicyclic) bond motifs is 1. The Morgan fingerprint density at radius 2 is 1.59 bits per heavy atom. The summed E-state index contributed by atoms with van der Waals surface area (Å²) in [5.41, 5.74) is 3.09. The molecule has 0 aromatic heterocycles. The van der Waals surface area contributed by atoms with Gasteiger partial charge in [-0.25, -0.2) is 9.96 Å². The van der Waals surface area contributed by atoms with Crippen molar-refractivity contribution in [1.29, 1.82) is 0 Å². The number of halogens is 2. The molecule has 0 N–H and O–H groups in total. The highest BCUT2D eigenvalue weighted by Crippen LogP contribution is 2.49. The molecular weight excluding hydrogens is 447 g/mol. The number of hydrogen-bond donors (Lipinski definition) is 0. The maximum atomic E-state index is 13.6. The van der Waals surface area contributed by atoms with Gasteiger partial charge in [-0.05, 0) is 53.9 Å². The third-order valence-corrected chi connectivity index (χ3v) is 6.57. The molecular formula is C25H20Cl2N2O3. The summed E-state index contributed by atoms with van der Waals surface area (Å²) in [5.74, 6) is -1.43. The van der Waals surface area contributed by atoms with Crippen LogP contribution in [0.5, 0.6) is 0 Å². The number of hydroxylamine groups is 1. The van der Waals surface area contributed by atoms with Crippen LogP contribution in [0.2, 0.25) is 10.0 Å². The summed E-state index contributed by atoms with van der Waals surface area (Å²) in [6, 6.07) is 21.4. The van der Waals surface area contributed by atoms with Gasteiger partial charge in [-0.1, -0.05) is 66.5 Å². The highest BCUT2D eigenvalue weighted by Gasteiger charge is 2.60. The van der Waals surface area contributed by atoms with Crippen LogP contribution in [0.4, 0.5) is 11.4 Å². The Bertz CT molecular complexity index is 1180. The third kappa shape index (κ3) is 3.37. The fraction of sp³-hybridized carbons (Fsp3) is 0.200. The quantitative estimate of drug-likeness (QED) is 0.469. The first-order valence-electron chi connectivity index (χ1n) is 10.4. The van der Waals surface area contributed by atoms with Gasteiger partial charge in [0.25, 0.3) is 5.91 Å². The van der Waals surface area contributed by atoms with E-state index in [1.54, 1.807) is 35.4 Å². The fourth-order valence-corrected chi connectivity index (χ4v) is 4.93. The van der Waals surface area contributed by atoms with E-state index < -0.39 is 18.1 Å². The molecule has 0 radical (unpaired) electrons. The van der Waals surface area contributed by atoms with Crippen molar-refractivity contribution < 1.29 is 14.4 Å². The number of carbonyl (C=O) groups is 2. The van der Waals surface area contributed by atoms with E-state index in [1.807, 2.05) is 42.5 Å². The molecule has 5 nitrogen and oxygen atoms in total. The molecule has 3 aromatic rings. The molecule has 2 saturated heterocycles. The predicted octanol–water partition coefficient (Wildman–Crippen LogP) is 5.61. The van der Waals surface area contributed by atoms with Gasteiger partial charge in [0.15, 0.2) is 6.10 Å². The number of rotatable bonds is 4. The number of anilines is 2. The summed E-state index contributed by atoms with van der Waals surface area (Å²) in [6.07, 6.45) is -0.0648. The number of nitrogens with zero attached hydrogens (tertiary/aromatic N) is 2. The van der Waals surface area contributed by atoms with Crippen molar-refractivity contribution in [2.24, 2.45) is 5.92 Å². The zero-order valence-corrected chi connectivity index (χ0v) is 18.8. The average molecular weight is 467 g/mol. The van der Waals surface area contributed by atoms with Gasteiger partial charge in [0.2, 0.25) is 5.91 Å². The summed E-state index contributed by atoms with van der Waals surface area (Å²) in [5, 5.41) is 2.53. The fourth-order valence-electron chi connectivity index (χ4n) is 4.41. The van der Waals surface area contributed by atoms with E-state index in [-0.39, 0.29) is 11.8 Å². The minimum Gasteiger partial charge on any atom is -0.273 e. The molecule has 2 fully saturated rings. The number of aryl methyl sites for hydroxylation is 1. The van der Waals surface area contributed by atoms with E-state index in [0.717, 1.165) is 17.7 Å². The Labute approximate surface area is 196 Å². The van der Waals surface area contributed by atoms with Gasteiger partial charge >= 0.3 is 0 Å². The van der Waals surface area contributed by atoms with Crippen LogP contribution in [0.15, 0.2) is 72.8 Å². The second-order valence-electron chi connectivity index (χ2n) is 7.86. The molecule has 0 saturated carbocycles. The van der Waals surface area contributed by atoms with Gasteiger partial charge in [-0.15, -0.1) is 0 Å². The standard InChI is InChI=1S/C25H20Cl2N2O3/c1-2-15-8-11-17(12-9-15)28-24(30)21-22(19-13-10-16(26)14-20(19)27)29(32-23(21)25(28)31)18-6-4-3-5-7-18/h3-14,21-23H,2H2,1H3/t21-,22-,23-/m1/s1. The molecule has 7 heteroatoms. The predicted molar refractivity (Wildman–Crippen MR) is 125 cm³/mol. The Balaban J connectivity index is 1.58. The minimum atomic E-state index is -0.940. The normalized spacial score (nSPS) is 22.5. The van der Waals surface area contributed by atoms with Crippen molar-refractivity contribution in [3.8, 4) is 0 Å². The van der Waals surface area contributed by atoms with Crippen LogP contribution >= 0.6 is 23.2 Å². The van der Waals surface area contributed by atoms with Gasteiger partial charge in [0.1, 0.15) is 5.92 Å². The Kier molecular flexibility index (Phi) is 5.41. The molecule has 0 unspecified atom stereocenters. The number of para-hydroxylation sites is 1.